The van der Waals surface area contributed by atoms with E-state index >= 15 is 0 Å². The summed E-state index contributed by atoms with van der Waals surface area (Å²) < 4.78 is 23.1. The first-order valence-corrected chi connectivity index (χ1v) is 9.14. The van der Waals surface area contributed by atoms with Crippen LogP contribution in [0.2, 0.25) is 0 Å². The van der Waals surface area contributed by atoms with Gasteiger partial charge >= 0.3 is 0 Å². The average Bonchev–Trinajstić information content (AvgIpc) is 2.60. The maximum atomic E-state index is 12.8. The highest BCUT2D eigenvalue weighted by Crippen LogP contribution is 2.18. The number of halogens is 2. The van der Waals surface area contributed by atoms with Gasteiger partial charge in [0.2, 0.25) is 0 Å². The van der Waals surface area contributed by atoms with Crippen molar-refractivity contribution in [1.82, 2.24) is 10.6 Å². The molecule has 0 amide bonds. The van der Waals surface area contributed by atoms with Gasteiger partial charge in [0.05, 0.1) is 13.2 Å². The Labute approximate surface area is 171 Å². The number of thioether (sulfide) groups is 1. The van der Waals surface area contributed by atoms with Crippen LogP contribution in [0.1, 0.15) is 12.8 Å². The Morgan fingerprint density at radius 1 is 1.08 bits per heavy atom. The lowest BCUT2D eigenvalue weighted by atomic mass is 10.4. The van der Waals surface area contributed by atoms with E-state index in [1.807, 2.05) is 12.1 Å². The second-order valence-corrected chi connectivity index (χ2v) is 6.21. The van der Waals surface area contributed by atoms with E-state index in [4.69, 9.17) is 9.47 Å². The summed E-state index contributed by atoms with van der Waals surface area (Å²) in [5, 5.41) is 6.54. The second-order valence-electron chi connectivity index (χ2n) is 5.04. The summed E-state index contributed by atoms with van der Waals surface area (Å²) in [5.41, 5.74) is 0. The molecule has 1 aromatic carbocycles. The lowest BCUT2D eigenvalue weighted by Gasteiger charge is -2.12. The van der Waals surface area contributed by atoms with Gasteiger partial charge in [0.25, 0.3) is 0 Å². The lowest BCUT2D eigenvalue weighted by Crippen LogP contribution is -2.38. The van der Waals surface area contributed by atoms with Gasteiger partial charge in [0.1, 0.15) is 5.82 Å². The largest absolute Gasteiger partial charge is 0.382 e. The maximum absolute atomic E-state index is 12.8. The molecule has 0 radical (unpaired) electrons. The molecule has 0 unspecified atom stereocenters. The SMILES string of the molecule is CN=C(NCCCOCCOC)NCCCSc1ccc(F)cc1.I. The van der Waals surface area contributed by atoms with E-state index < -0.39 is 0 Å². The number of aliphatic imine (C=N–C) groups is 1. The van der Waals surface area contributed by atoms with Crippen molar-refractivity contribution in [3.8, 4) is 0 Å². The molecule has 0 aromatic heterocycles. The zero-order valence-electron chi connectivity index (χ0n) is 14.9. The van der Waals surface area contributed by atoms with Gasteiger partial charge < -0.3 is 20.1 Å². The number of rotatable bonds is 12. The number of guanidine groups is 1. The monoisotopic (exact) mass is 485 g/mol. The van der Waals surface area contributed by atoms with E-state index in [1.54, 1.807) is 25.9 Å². The zero-order chi connectivity index (χ0) is 17.5. The Bertz CT molecular complexity index is 464. The fourth-order valence-corrected chi connectivity index (χ4v) is 2.70. The van der Waals surface area contributed by atoms with Crippen LogP contribution in [0.4, 0.5) is 4.39 Å². The molecule has 0 spiro atoms. The molecule has 1 rings (SSSR count). The summed E-state index contributed by atoms with van der Waals surface area (Å²) in [4.78, 5) is 5.28. The summed E-state index contributed by atoms with van der Waals surface area (Å²) in [6, 6.07) is 6.60. The number of ether oxygens (including phenoxy) is 2. The molecule has 144 valence electrons. The Hall–Kier alpha value is -0.580. The number of benzene rings is 1. The molecule has 0 heterocycles. The highest BCUT2D eigenvalue weighted by atomic mass is 127. The first-order valence-electron chi connectivity index (χ1n) is 8.16. The van der Waals surface area contributed by atoms with Crippen LogP contribution in [0.5, 0.6) is 0 Å². The van der Waals surface area contributed by atoms with Crippen molar-refractivity contribution >= 4 is 41.7 Å². The van der Waals surface area contributed by atoms with Crippen LogP contribution in [0, 0.1) is 5.82 Å². The van der Waals surface area contributed by atoms with Crippen LogP contribution in [-0.2, 0) is 9.47 Å². The third-order valence-electron chi connectivity index (χ3n) is 3.11. The fourth-order valence-electron chi connectivity index (χ4n) is 1.85. The van der Waals surface area contributed by atoms with E-state index in [0.717, 1.165) is 42.5 Å². The number of hydrogen-bond acceptors (Lipinski definition) is 4. The van der Waals surface area contributed by atoms with Crippen molar-refractivity contribution in [3.05, 3.63) is 30.1 Å². The lowest BCUT2D eigenvalue weighted by molar-refractivity contribution is 0.0698. The highest BCUT2D eigenvalue weighted by molar-refractivity contribution is 14.0. The van der Waals surface area contributed by atoms with E-state index in [2.05, 4.69) is 15.6 Å². The topological polar surface area (TPSA) is 54.9 Å². The van der Waals surface area contributed by atoms with Crippen LogP contribution >= 0.6 is 35.7 Å². The Kier molecular flexibility index (Phi) is 16.5. The first-order chi connectivity index (χ1) is 11.8. The van der Waals surface area contributed by atoms with Crippen molar-refractivity contribution in [2.24, 2.45) is 4.99 Å². The molecule has 5 nitrogen and oxygen atoms in total. The molecule has 0 bridgehead atoms. The Morgan fingerprint density at radius 3 is 2.40 bits per heavy atom. The molecule has 0 atom stereocenters. The normalized spacial score (nSPS) is 11.1. The standard InChI is InChI=1S/C17H28FN3O2S.HI/c1-19-17(20-9-3-11-23-13-12-22-2)21-10-4-14-24-16-7-5-15(18)6-8-16;/h5-8H,3-4,9-14H2,1-2H3,(H2,19,20,21);1H. The van der Waals surface area contributed by atoms with Gasteiger partial charge in [-0.05, 0) is 42.9 Å². The Morgan fingerprint density at radius 2 is 1.76 bits per heavy atom. The fraction of sp³-hybridized carbons (Fsp3) is 0.588. The van der Waals surface area contributed by atoms with Gasteiger partial charge in [-0.2, -0.15) is 0 Å². The second kappa shape index (κ2) is 16.9. The van der Waals surface area contributed by atoms with Gasteiger partial charge in [0.15, 0.2) is 5.96 Å². The predicted octanol–water partition coefficient (Wildman–Crippen LogP) is 3.14. The summed E-state index contributed by atoms with van der Waals surface area (Å²) in [6.45, 7) is 3.64. The first kappa shape index (κ1) is 24.4. The van der Waals surface area contributed by atoms with E-state index in [9.17, 15) is 4.39 Å². The number of methoxy groups -OCH3 is 1. The summed E-state index contributed by atoms with van der Waals surface area (Å²) >= 11 is 1.73. The van der Waals surface area contributed by atoms with Gasteiger partial charge in [-0.25, -0.2) is 4.39 Å². The van der Waals surface area contributed by atoms with Gasteiger partial charge in [-0.1, -0.05) is 0 Å². The van der Waals surface area contributed by atoms with Crippen molar-refractivity contribution in [2.45, 2.75) is 17.7 Å². The summed E-state index contributed by atoms with van der Waals surface area (Å²) in [7, 11) is 3.43. The minimum atomic E-state index is -0.194. The smallest absolute Gasteiger partial charge is 0.190 e. The van der Waals surface area contributed by atoms with Crippen molar-refractivity contribution < 1.29 is 13.9 Å². The Balaban J connectivity index is 0.00000576. The van der Waals surface area contributed by atoms with E-state index in [1.165, 1.54) is 12.1 Å². The maximum Gasteiger partial charge on any atom is 0.190 e. The van der Waals surface area contributed by atoms with Crippen molar-refractivity contribution in [1.29, 1.82) is 0 Å². The molecule has 0 aliphatic heterocycles. The molecule has 0 aliphatic rings. The van der Waals surface area contributed by atoms with Gasteiger partial charge in [-0.15, -0.1) is 35.7 Å². The number of nitrogens with one attached hydrogen (secondary N) is 2. The summed E-state index contributed by atoms with van der Waals surface area (Å²) in [6.07, 6.45) is 1.92. The quantitative estimate of drug-likeness (QED) is 0.157. The molecule has 0 aliphatic carbocycles. The molecule has 25 heavy (non-hydrogen) atoms. The third kappa shape index (κ3) is 13.3. The van der Waals surface area contributed by atoms with E-state index in [-0.39, 0.29) is 29.8 Å². The molecule has 1 aromatic rings. The van der Waals surface area contributed by atoms with E-state index in [0.29, 0.717) is 19.8 Å². The van der Waals surface area contributed by atoms with Crippen molar-refractivity contribution in [2.75, 3.05) is 52.8 Å². The van der Waals surface area contributed by atoms with Crippen LogP contribution < -0.4 is 10.6 Å². The molecule has 8 heteroatoms. The average molecular weight is 485 g/mol. The van der Waals surface area contributed by atoms with Gasteiger partial charge in [0, 0.05) is 38.7 Å². The molecule has 0 saturated heterocycles. The van der Waals surface area contributed by atoms with Crippen LogP contribution in [0.25, 0.3) is 0 Å². The number of nitrogens with zero attached hydrogens (tertiary/aromatic N) is 1. The van der Waals surface area contributed by atoms with Crippen LogP contribution in [-0.4, -0.2) is 58.8 Å². The minimum Gasteiger partial charge on any atom is -0.382 e. The predicted molar refractivity (Wildman–Crippen MR) is 114 cm³/mol. The number of hydrogen-bond donors (Lipinski definition) is 2. The van der Waals surface area contributed by atoms with Crippen LogP contribution in [0.15, 0.2) is 34.2 Å². The molecular weight excluding hydrogens is 456 g/mol. The molecular formula is C17H29FIN3O2S. The third-order valence-corrected chi connectivity index (χ3v) is 4.21. The molecule has 0 fully saturated rings. The van der Waals surface area contributed by atoms with Crippen molar-refractivity contribution in [3.63, 3.8) is 0 Å². The van der Waals surface area contributed by atoms with Gasteiger partial charge in [-0.3, -0.25) is 4.99 Å². The molecule has 0 saturated carbocycles. The van der Waals surface area contributed by atoms with Crippen LogP contribution in [0.3, 0.4) is 0 Å². The summed E-state index contributed by atoms with van der Waals surface area (Å²) in [5.74, 6) is 1.59. The minimum absolute atomic E-state index is 0. The molecule has 2 N–H and O–H groups in total. The zero-order valence-corrected chi connectivity index (χ0v) is 18.1. The highest BCUT2D eigenvalue weighted by Gasteiger charge is 1.98.